The Morgan fingerprint density at radius 3 is 2.67 bits per heavy atom. The van der Waals surface area contributed by atoms with Gasteiger partial charge in [-0.25, -0.2) is 13.2 Å². The summed E-state index contributed by atoms with van der Waals surface area (Å²) in [6, 6.07) is 4.79. The predicted molar refractivity (Wildman–Crippen MR) is 78.8 cm³/mol. The zero-order valence-electron chi connectivity index (χ0n) is 11.5. The van der Waals surface area contributed by atoms with Crippen LogP contribution in [0.1, 0.15) is 41.6 Å². The molecule has 0 amide bonds. The highest BCUT2D eigenvalue weighted by molar-refractivity contribution is 7.95. The van der Waals surface area contributed by atoms with Crippen molar-refractivity contribution in [1.29, 1.82) is 0 Å². The molecule has 0 radical (unpaired) electrons. The molecule has 0 spiro atoms. The number of hydrogen-bond acceptors (Lipinski definition) is 4. The second-order valence-electron chi connectivity index (χ2n) is 5.53. The second kappa shape index (κ2) is 5.27. The van der Waals surface area contributed by atoms with Gasteiger partial charge in [0.25, 0.3) is 0 Å². The number of sulfone groups is 1. The Hall–Kier alpha value is -1.66. The molecule has 21 heavy (non-hydrogen) atoms. The third-order valence-corrected chi connectivity index (χ3v) is 5.67. The van der Waals surface area contributed by atoms with Gasteiger partial charge in [-0.15, -0.1) is 0 Å². The molecule has 1 aliphatic carbocycles. The van der Waals surface area contributed by atoms with E-state index in [9.17, 15) is 18.3 Å². The van der Waals surface area contributed by atoms with Crippen LogP contribution in [0.5, 0.6) is 0 Å². The first kappa shape index (κ1) is 14.3. The van der Waals surface area contributed by atoms with Crippen molar-refractivity contribution in [3.8, 4) is 0 Å². The Morgan fingerprint density at radius 1 is 1.29 bits per heavy atom. The minimum atomic E-state index is -3.52. The maximum atomic E-state index is 12.1. The normalized spacial score (nSPS) is 20.3. The lowest BCUT2D eigenvalue weighted by Gasteiger charge is -2.13. The lowest BCUT2D eigenvalue weighted by molar-refractivity contribution is 0.0696. The van der Waals surface area contributed by atoms with E-state index < -0.39 is 15.8 Å². The summed E-state index contributed by atoms with van der Waals surface area (Å²) >= 11 is 0. The number of aromatic carboxylic acids is 1. The number of nitrogens with one attached hydrogen (secondary N) is 1. The van der Waals surface area contributed by atoms with E-state index in [2.05, 4.69) is 5.32 Å². The van der Waals surface area contributed by atoms with Gasteiger partial charge in [0.1, 0.15) is 0 Å². The summed E-state index contributed by atoms with van der Waals surface area (Å²) in [4.78, 5) is 11.4. The Balaban J connectivity index is 1.95. The smallest absolute Gasteiger partial charge is 0.336 e. The summed E-state index contributed by atoms with van der Waals surface area (Å²) in [6.45, 7) is 0.390. The second-order valence-corrected chi connectivity index (χ2v) is 7.30. The molecular formula is C15H17NO4S. The summed E-state index contributed by atoms with van der Waals surface area (Å²) in [5.41, 5.74) is 0.943. The maximum absolute atomic E-state index is 12.1. The van der Waals surface area contributed by atoms with Crippen molar-refractivity contribution < 1.29 is 18.3 Å². The Bertz CT molecular complexity index is 715. The molecule has 2 aliphatic rings. The van der Waals surface area contributed by atoms with Gasteiger partial charge in [0.05, 0.1) is 10.5 Å². The average molecular weight is 307 g/mol. The highest BCUT2D eigenvalue weighted by Crippen LogP contribution is 2.35. The van der Waals surface area contributed by atoms with Gasteiger partial charge in [-0.2, -0.15) is 0 Å². The van der Waals surface area contributed by atoms with Crippen LogP contribution >= 0.6 is 0 Å². The molecule has 1 fully saturated rings. The highest BCUT2D eigenvalue weighted by atomic mass is 32.2. The van der Waals surface area contributed by atoms with Gasteiger partial charge in [0.15, 0.2) is 0 Å². The molecule has 0 unspecified atom stereocenters. The van der Waals surface area contributed by atoms with Crippen molar-refractivity contribution in [2.24, 2.45) is 0 Å². The fourth-order valence-electron chi connectivity index (χ4n) is 3.10. The number of hydrogen-bond donors (Lipinski definition) is 2. The lowest BCUT2D eigenvalue weighted by atomic mass is 10.0. The summed E-state index contributed by atoms with van der Waals surface area (Å²) in [7, 11) is -3.52. The summed E-state index contributed by atoms with van der Waals surface area (Å²) in [6.07, 6.45) is 4.55. The monoisotopic (exact) mass is 307 g/mol. The van der Waals surface area contributed by atoms with Gasteiger partial charge in [-0.05, 0) is 30.5 Å². The van der Waals surface area contributed by atoms with Gasteiger partial charge in [-0.3, -0.25) is 0 Å². The third kappa shape index (κ3) is 2.61. The third-order valence-electron chi connectivity index (χ3n) is 4.12. The number of rotatable bonds is 4. The summed E-state index contributed by atoms with van der Waals surface area (Å²) in [5, 5.41) is 13.8. The van der Waals surface area contributed by atoms with Crippen LogP contribution in [0.25, 0.3) is 5.57 Å². The number of benzene rings is 1. The van der Waals surface area contributed by atoms with Gasteiger partial charge >= 0.3 is 5.97 Å². The number of carboxylic acids is 1. The fourth-order valence-corrected chi connectivity index (χ4v) is 4.60. The van der Waals surface area contributed by atoms with Crippen molar-refractivity contribution in [3.05, 3.63) is 34.7 Å². The van der Waals surface area contributed by atoms with Crippen molar-refractivity contribution in [2.75, 3.05) is 6.54 Å². The molecule has 112 valence electrons. The molecule has 2 N–H and O–H groups in total. The SMILES string of the molecule is O=C(O)c1cccc2c1C(CNC1CCCC1)=CS2(=O)=O. The number of carbonyl (C=O) groups is 1. The fraction of sp³-hybridized carbons (Fsp3) is 0.400. The molecule has 3 rings (SSSR count). The Labute approximate surface area is 123 Å². The van der Waals surface area contributed by atoms with Gasteiger partial charge in [0, 0.05) is 23.6 Å². The lowest BCUT2D eigenvalue weighted by Crippen LogP contribution is -2.27. The minimum absolute atomic E-state index is 0.0491. The average Bonchev–Trinajstić information content (AvgIpc) is 3.03. The molecular weight excluding hydrogens is 290 g/mol. The van der Waals surface area contributed by atoms with E-state index in [0.29, 0.717) is 23.7 Å². The molecule has 6 heteroatoms. The van der Waals surface area contributed by atoms with E-state index in [0.717, 1.165) is 12.8 Å². The van der Waals surface area contributed by atoms with E-state index >= 15 is 0 Å². The van der Waals surface area contributed by atoms with Gasteiger partial charge in [-0.1, -0.05) is 18.9 Å². The molecule has 1 saturated carbocycles. The van der Waals surface area contributed by atoms with Crippen LogP contribution < -0.4 is 5.32 Å². The molecule has 0 atom stereocenters. The van der Waals surface area contributed by atoms with Crippen molar-refractivity contribution >= 4 is 21.4 Å². The van der Waals surface area contributed by atoms with Gasteiger partial charge < -0.3 is 10.4 Å². The minimum Gasteiger partial charge on any atom is -0.478 e. The summed E-state index contributed by atoms with van der Waals surface area (Å²) < 4.78 is 24.3. The standard InChI is InChI=1S/C15H17NO4S/c17-15(18)12-6-3-7-13-14(12)10(9-21(13,19)20)8-16-11-4-1-2-5-11/h3,6-7,9,11,16H,1-2,4-5,8H2,(H,17,18). The molecule has 1 aromatic carbocycles. The van der Waals surface area contributed by atoms with E-state index in [4.69, 9.17) is 0 Å². The highest BCUT2D eigenvalue weighted by Gasteiger charge is 2.31. The topological polar surface area (TPSA) is 83.5 Å². The zero-order valence-corrected chi connectivity index (χ0v) is 12.3. The van der Waals surface area contributed by atoms with Crippen molar-refractivity contribution in [2.45, 2.75) is 36.6 Å². The van der Waals surface area contributed by atoms with Crippen molar-refractivity contribution in [3.63, 3.8) is 0 Å². The first-order valence-corrected chi connectivity index (χ1v) is 8.59. The molecule has 1 heterocycles. The van der Waals surface area contributed by atoms with E-state index in [1.54, 1.807) is 0 Å². The van der Waals surface area contributed by atoms with Crippen LogP contribution in [0.4, 0.5) is 0 Å². The first-order chi connectivity index (χ1) is 9.99. The van der Waals surface area contributed by atoms with Crippen LogP contribution in [-0.2, 0) is 9.84 Å². The molecule has 5 nitrogen and oxygen atoms in total. The molecule has 1 aromatic rings. The zero-order chi connectivity index (χ0) is 15.0. The van der Waals surface area contributed by atoms with Crippen LogP contribution in [0.2, 0.25) is 0 Å². The number of fused-ring (bicyclic) bond motifs is 1. The van der Waals surface area contributed by atoms with Crippen molar-refractivity contribution in [1.82, 2.24) is 5.32 Å². The van der Waals surface area contributed by atoms with E-state index in [-0.39, 0.29) is 10.5 Å². The molecule has 0 saturated heterocycles. The first-order valence-electron chi connectivity index (χ1n) is 7.05. The Morgan fingerprint density at radius 2 is 2.00 bits per heavy atom. The Kier molecular flexibility index (Phi) is 3.59. The van der Waals surface area contributed by atoms with Crippen LogP contribution in [0, 0.1) is 0 Å². The molecule has 1 aliphatic heterocycles. The molecule has 0 aromatic heterocycles. The maximum Gasteiger partial charge on any atom is 0.336 e. The summed E-state index contributed by atoms with van der Waals surface area (Å²) in [5.74, 6) is -1.10. The van der Waals surface area contributed by atoms with Crippen LogP contribution in [0.3, 0.4) is 0 Å². The van der Waals surface area contributed by atoms with Crippen LogP contribution in [0.15, 0.2) is 28.5 Å². The van der Waals surface area contributed by atoms with Gasteiger partial charge in [0.2, 0.25) is 9.84 Å². The van der Waals surface area contributed by atoms with E-state index in [1.807, 2.05) is 0 Å². The number of carboxylic acid groups (broad SMARTS) is 1. The van der Waals surface area contributed by atoms with Crippen LogP contribution in [-0.4, -0.2) is 32.1 Å². The molecule has 0 bridgehead atoms. The van der Waals surface area contributed by atoms with E-state index in [1.165, 1.54) is 36.4 Å². The quantitative estimate of drug-likeness (QED) is 0.889. The largest absolute Gasteiger partial charge is 0.478 e. The predicted octanol–water partition coefficient (Wildman–Crippen LogP) is 2.05.